The summed E-state index contributed by atoms with van der Waals surface area (Å²) in [4.78, 5) is 22.4. The number of carboxylic acid groups (broad SMARTS) is 1. The van der Waals surface area contributed by atoms with Gasteiger partial charge in [-0.05, 0) is 13.3 Å². The van der Waals surface area contributed by atoms with Crippen molar-refractivity contribution in [1.82, 2.24) is 4.90 Å². The van der Waals surface area contributed by atoms with Crippen LogP contribution < -0.4 is 0 Å². The molecule has 0 aromatic carbocycles. The number of rotatable bonds is 2. The fourth-order valence-corrected chi connectivity index (χ4v) is 2.00. The predicted octanol–water partition coefficient (Wildman–Crippen LogP) is 2.05. The van der Waals surface area contributed by atoms with Crippen LogP contribution >= 0.6 is 0 Å². The molecule has 0 aromatic rings. The van der Waals surface area contributed by atoms with Gasteiger partial charge in [0.2, 0.25) is 5.91 Å². The number of carboxylic acids is 1. The second kappa shape index (κ2) is 4.81. The second-order valence-corrected chi connectivity index (χ2v) is 4.65. The number of halogens is 6. The maximum Gasteiger partial charge on any atom is 0.404 e. The molecule has 1 rings (SSSR count). The number of alkyl halides is 6. The quantitative estimate of drug-likeness (QED) is 0.627. The molecular formula is C10H11F6NO3. The minimum atomic E-state index is -5.56. The van der Waals surface area contributed by atoms with Crippen molar-refractivity contribution in [2.75, 3.05) is 13.1 Å². The van der Waals surface area contributed by atoms with Gasteiger partial charge in [0.1, 0.15) is 5.92 Å². The molecule has 0 spiro atoms. The zero-order valence-corrected chi connectivity index (χ0v) is 10.2. The van der Waals surface area contributed by atoms with Crippen molar-refractivity contribution in [3.63, 3.8) is 0 Å². The molecular weight excluding hydrogens is 296 g/mol. The third-order valence-corrected chi connectivity index (χ3v) is 3.41. The summed E-state index contributed by atoms with van der Waals surface area (Å²) >= 11 is 0. The lowest BCUT2D eigenvalue weighted by Gasteiger charge is -2.33. The Balaban J connectivity index is 3.04. The van der Waals surface area contributed by atoms with Gasteiger partial charge in [0.05, 0.1) is 0 Å². The van der Waals surface area contributed by atoms with E-state index >= 15 is 0 Å². The molecule has 1 saturated heterocycles. The Hall–Kier alpha value is -1.48. The van der Waals surface area contributed by atoms with Crippen LogP contribution in [0.5, 0.6) is 0 Å². The molecule has 1 aliphatic rings. The SMILES string of the molecule is CC(C(=O)O)C(=O)N1CCC(C(F)(F)F)(C(F)(F)F)C1. The molecule has 0 radical (unpaired) electrons. The number of amides is 1. The third kappa shape index (κ3) is 2.55. The number of aliphatic carboxylic acids is 1. The normalized spacial score (nSPS) is 20.9. The van der Waals surface area contributed by atoms with Crippen molar-refractivity contribution < 1.29 is 41.0 Å². The summed E-state index contributed by atoms with van der Waals surface area (Å²) in [6, 6.07) is 0. The summed E-state index contributed by atoms with van der Waals surface area (Å²) in [6.45, 7) is -1.47. The number of hydrogen-bond acceptors (Lipinski definition) is 2. The molecule has 20 heavy (non-hydrogen) atoms. The fraction of sp³-hybridized carbons (Fsp3) is 0.800. The van der Waals surface area contributed by atoms with Crippen LogP contribution in [0.4, 0.5) is 26.3 Å². The van der Waals surface area contributed by atoms with Gasteiger partial charge < -0.3 is 10.0 Å². The molecule has 10 heteroatoms. The molecule has 1 fully saturated rings. The minimum Gasteiger partial charge on any atom is -0.481 e. The summed E-state index contributed by atoms with van der Waals surface area (Å²) in [5.41, 5.74) is -3.99. The van der Waals surface area contributed by atoms with Crippen LogP contribution in [0, 0.1) is 11.3 Å². The molecule has 4 nitrogen and oxygen atoms in total. The van der Waals surface area contributed by atoms with E-state index in [0.717, 1.165) is 6.92 Å². The van der Waals surface area contributed by atoms with Gasteiger partial charge in [-0.1, -0.05) is 0 Å². The molecule has 1 heterocycles. The number of nitrogens with zero attached hydrogens (tertiary/aromatic N) is 1. The third-order valence-electron chi connectivity index (χ3n) is 3.41. The molecule has 0 bridgehead atoms. The highest BCUT2D eigenvalue weighted by Gasteiger charge is 2.73. The maximum atomic E-state index is 12.7. The fourth-order valence-electron chi connectivity index (χ4n) is 2.00. The molecule has 116 valence electrons. The van der Waals surface area contributed by atoms with E-state index in [9.17, 15) is 35.9 Å². The molecule has 1 amide bonds. The second-order valence-electron chi connectivity index (χ2n) is 4.65. The van der Waals surface area contributed by atoms with E-state index < -0.39 is 55.1 Å². The zero-order valence-electron chi connectivity index (χ0n) is 10.2. The van der Waals surface area contributed by atoms with Gasteiger partial charge in [-0.25, -0.2) is 0 Å². The Morgan fingerprint density at radius 2 is 1.60 bits per heavy atom. The summed E-state index contributed by atoms with van der Waals surface area (Å²) in [5, 5.41) is 8.57. The standard InChI is InChI=1S/C10H11F6NO3/c1-5(7(19)20)6(18)17-3-2-8(4-17,9(11,12)13)10(14,15)16/h5H,2-4H2,1H3,(H,19,20). The van der Waals surface area contributed by atoms with Crippen LogP contribution in [-0.4, -0.2) is 47.3 Å². The lowest BCUT2D eigenvalue weighted by Crippen LogP contribution is -2.52. The number of carbonyl (C=O) groups excluding carboxylic acids is 1. The van der Waals surface area contributed by atoms with E-state index in [0.29, 0.717) is 4.90 Å². The van der Waals surface area contributed by atoms with E-state index in [1.165, 1.54) is 0 Å². The van der Waals surface area contributed by atoms with Crippen molar-refractivity contribution >= 4 is 11.9 Å². The predicted molar refractivity (Wildman–Crippen MR) is 52.5 cm³/mol. The van der Waals surface area contributed by atoms with E-state index in [-0.39, 0.29) is 0 Å². The van der Waals surface area contributed by atoms with Crippen molar-refractivity contribution in [1.29, 1.82) is 0 Å². The summed E-state index contributed by atoms with van der Waals surface area (Å²) < 4.78 is 76.4. The summed E-state index contributed by atoms with van der Waals surface area (Å²) in [7, 11) is 0. The number of hydrogen-bond donors (Lipinski definition) is 1. The molecule has 1 unspecified atom stereocenters. The van der Waals surface area contributed by atoms with Crippen molar-refractivity contribution in [3.8, 4) is 0 Å². The first-order valence-electron chi connectivity index (χ1n) is 5.48. The van der Waals surface area contributed by atoms with E-state index in [1.807, 2.05) is 0 Å². The Kier molecular flexibility index (Phi) is 3.99. The Labute approximate surface area is 109 Å². The summed E-state index contributed by atoms with van der Waals surface area (Å²) in [6.07, 6.45) is -12.4. The van der Waals surface area contributed by atoms with Gasteiger partial charge in [-0.2, -0.15) is 26.3 Å². The Bertz CT molecular complexity index is 402. The van der Waals surface area contributed by atoms with Crippen molar-refractivity contribution in [3.05, 3.63) is 0 Å². The van der Waals surface area contributed by atoms with Crippen molar-refractivity contribution in [2.45, 2.75) is 25.7 Å². The molecule has 1 atom stereocenters. The van der Waals surface area contributed by atoms with E-state index in [4.69, 9.17) is 5.11 Å². The van der Waals surface area contributed by atoms with Crippen LogP contribution in [0.3, 0.4) is 0 Å². The topological polar surface area (TPSA) is 57.6 Å². The molecule has 0 aliphatic carbocycles. The largest absolute Gasteiger partial charge is 0.481 e. The molecule has 1 aliphatic heterocycles. The van der Waals surface area contributed by atoms with E-state index in [2.05, 4.69) is 0 Å². The van der Waals surface area contributed by atoms with Gasteiger partial charge in [-0.15, -0.1) is 0 Å². The lowest BCUT2D eigenvalue weighted by atomic mass is 9.85. The van der Waals surface area contributed by atoms with Crippen LogP contribution in [0.25, 0.3) is 0 Å². The molecule has 1 N–H and O–H groups in total. The smallest absolute Gasteiger partial charge is 0.404 e. The Morgan fingerprint density at radius 1 is 1.15 bits per heavy atom. The zero-order chi connectivity index (χ0) is 15.9. The molecule has 0 aromatic heterocycles. The average Bonchev–Trinajstić information content (AvgIpc) is 2.71. The van der Waals surface area contributed by atoms with Gasteiger partial charge >= 0.3 is 18.3 Å². The maximum absolute atomic E-state index is 12.7. The van der Waals surface area contributed by atoms with Crippen LogP contribution in [0.2, 0.25) is 0 Å². The van der Waals surface area contributed by atoms with Crippen LogP contribution in [-0.2, 0) is 9.59 Å². The van der Waals surface area contributed by atoms with Gasteiger partial charge in [0.15, 0.2) is 5.41 Å². The Morgan fingerprint density at radius 3 is 1.90 bits per heavy atom. The van der Waals surface area contributed by atoms with Gasteiger partial charge in [-0.3, -0.25) is 9.59 Å². The highest BCUT2D eigenvalue weighted by molar-refractivity contribution is 5.96. The first-order valence-corrected chi connectivity index (χ1v) is 5.48. The van der Waals surface area contributed by atoms with Gasteiger partial charge in [0.25, 0.3) is 0 Å². The average molecular weight is 307 g/mol. The van der Waals surface area contributed by atoms with Crippen LogP contribution in [0.15, 0.2) is 0 Å². The number of likely N-dealkylation sites (tertiary alicyclic amines) is 1. The first kappa shape index (κ1) is 16.6. The first-order chi connectivity index (χ1) is 8.83. The monoisotopic (exact) mass is 307 g/mol. The highest BCUT2D eigenvalue weighted by atomic mass is 19.4. The summed E-state index contributed by atoms with van der Waals surface area (Å²) in [5.74, 6) is -4.55. The van der Waals surface area contributed by atoms with Crippen molar-refractivity contribution in [2.24, 2.45) is 11.3 Å². The highest BCUT2D eigenvalue weighted by Crippen LogP contribution is 2.55. The van der Waals surface area contributed by atoms with Gasteiger partial charge in [0, 0.05) is 13.1 Å². The lowest BCUT2D eigenvalue weighted by molar-refractivity contribution is -0.334. The van der Waals surface area contributed by atoms with E-state index in [1.54, 1.807) is 0 Å². The minimum absolute atomic E-state index is 0.305. The van der Waals surface area contributed by atoms with Crippen LogP contribution in [0.1, 0.15) is 13.3 Å². The molecule has 0 saturated carbocycles. The number of carbonyl (C=O) groups is 2.